The molecule has 0 bridgehead atoms. The molecular formula is C17H18N4O2S. The van der Waals surface area contributed by atoms with Crippen LogP contribution in [0.25, 0.3) is 0 Å². The maximum atomic E-state index is 5.86. The second kappa shape index (κ2) is 6.24. The van der Waals surface area contributed by atoms with Crippen molar-refractivity contribution < 1.29 is 9.15 Å². The van der Waals surface area contributed by atoms with Gasteiger partial charge in [0.05, 0.1) is 6.54 Å². The Morgan fingerprint density at radius 3 is 2.96 bits per heavy atom. The zero-order valence-corrected chi connectivity index (χ0v) is 14.3. The van der Waals surface area contributed by atoms with Gasteiger partial charge < -0.3 is 14.5 Å². The zero-order valence-electron chi connectivity index (χ0n) is 13.5. The van der Waals surface area contributed by atoms with Crippen LogP contribution in [0.1, 0.15) is 47.2 Å². The van der Waals surface area contributed by atoms with Gasteiger partial charge >= 0.3 is 6.01 Å². The van der Waals surface area contributed by atoms with Gasteiger partial charge in [0, 0.05) is 17.5 Å². The van der Waals surface area contributed by atoms with Crippen LogP contribution in [0.2, 0.25) is 0 Å². The van der Waals surface area contributed by atoms with E-state index < -0.39 is 0 Å². The van der Waals surface area contributed by atoms with E-state index in [1.165, 1.54) is 10.4 Å². The summed E-state index contributed by atoms with van der Waals surface area (Å²) < 4.78 is 11.6. The third-order valence-corrected chi connectivity index (χ3v) is 5.19. The predicted octanol–water partition coefficient (Wildman–Crippen LogP) is 3.94. The van der Waals surface area contributed by atoms with E-state index in [1.807, 2.05) is 24.4 Å². The largest absolute Gasteiger partial charge is 0.480 e. The highest BCUT2D eigenvalue weighted by Gasteiger charge is 2.28. The standard InChI is InChI=1S/C17H18N4O2S/c1-10(2)14-8-18-15(24-14)9-19-17-21-20-16(23-17)13-7-11-5-3-4-6-12(11)22-13/h3-6,8,10,13H,7,9H2,1-2H3,(H,19,21)/t13-/m1/s1. The first-order valence-electron chi connectivity index (χ1n) is 7.95. The van der Waals surface area contributed by atoms with Gasteiger partial charge in [-0.05, 0) is 17.5 Å². The summed E-state index contributed by atoms with van der Waals surface area (Å²) in [7, 11) is 0. The summed E-state index contributed by atoms with van der Waals surface area (Å²) in [4.78, 5) is 5.68. The monoisotopic (exact) mass is 342 g/mol. The van der Waals surface area contributed by atoms with Crippen molar-refractivity contribution in [3.63, 3.8) is 0 Å². The molecule has 0 amide bonds. The van der Waals surface area contributed by atoms with Crippen LogP contribution in [0.3, 0.4) is 0 Å². The fourth-order valence-electron chi connectivity index (χ4n) is 2.58. The van der Waals surface area contributed by atoms with Crippen molar-refractivity contribution in [3.8, 4) is 5.75 Å². The molecule has 0 aliphatic carbocycles. The smallest absolute Gasteiger partial charge is 0.315 e. The Bertz CT molecular complexity index is 817. The van der Waals surface area contributed by atoms with Crippen molar-refractivity contribution in [2.75, 3.05) is 5.32 Å². The number of fused-ring (bicyclic) bond motifs is 1. The third-order valence-electron chi connectivity index (χ3n) is 3.89. The highest BCUT2D eigenvalue weighted by molar-refractivity contribution is 7.11. The molecule has 0 fully saturated rings. The number of ether oxygens (including phenoxy) is 1. The number of para-hydroxylation sites is 1. The zero-order chi connectivity index (χ0) is 16.5. The molecule has 3 aromatic rings. The second-order valence-corrected chi connectivity index (χ2v) is 7.18. The molecule has 1 aromatic carbocycles. The van der Waals surface area contributed by atoms with Crippen molar-refractivity contribution in [1.82, 2.24) is 15.2 Å². The first kappa shape index (κ1) is 15.1. The van der Waals surface area contributed by atoms with E-state index in [4.69, 9.17) is 9.15 Å². The molecule has 1 aliphatic rings. The van der Waals surface area contributed by atoms with E-state index >= 15 is 0 Å². The molecule has 4 rings (SSSR count). The van der Waals surface area contributed by atoms with E-state index in [0.717, 1.165) is 17.2 Å². The molecule has 0 saturated heterocycles. The topological polar surface area (TPSA) is 73.1 Å². The molecule has 0 radical (unpaired) electrons. The van der Waals surface area contributed by atoms with Crippen LogP contribution in [0.5, 0.6) is 5.75 Å². The highest BCUT2D eigenvalue weighted by Crippen LogP contribution is 2.36. The normalized spacial score (nSPS) is 16.2. The Hall–Kier alpha value is -2.41. The van der Waals surface area contributed by atoms with E-state index in [1.54, 1.807) is 11.3 Å². The number of hydrogen-bond donors (Lipinski definition) is 1. The Labute approximate surface area is 143 Å². The van der Waals surface area contributed by atoms with E-state index in [9.17, 15) is 0 Å². The van der Waals surface area contributed by atoms with Gasteiger partial charge in [-0.25, -0.2) is 4.98 Å². The number of thiazole rings is 1. The Morgan fingerprint density at radius 2 is 2.17 bits per heavy atom. The van der Waals surface area contributed by atoms with E-state index in [-0.39, 0.29) is 6.10 Å². The lowest BCUT2D eigenvalue weighted by atomic mass is 10.1. The second-order valence-electron chi connectivity index (χ2n) is 6.03. The summed E-state index contributed by atoms with van der Waals surface area (Å²) in [5.74, 6) is 1.88. The first-order valence-corrected chi connectivity index (χ1v) is 8.77. The number of rotatable bonds is 5. The van der Waals surface area contributed by atoms with Crippen LogP contribution in [-0.4, -0.2) is 15.2 Å². The van der Waals surface area contributed by atoms with Crippen LogP contribution in [0, 0.1) is 0 Å². The SMILES string of the molecule is CC(C)c1cnc(CNc2nnc([C@H]3Cc4ccccc4O3)o2)s1. The molecule has 1 atom stereocenters. The lowest BCUT2D eigenvalue weighted by Crippen LogP contribution is -2.03. The molecule has 1 N–H and O–H groups in total. The maximum absolute atomic E-state index is 5.86. The quantitative estimate of drug-likeness (QED) is 0.757. The van der Waals surface area contributed by atoms with Crippen molar-refractivity contribution in [2.24, 2.45) is 0 Å². The van der Waals surface area contributed by atoms with Gasteiger partial charge in [0.1, 0.15) is 10.8 Å². The molecule has 6 nitrogen and oxygen atoms in total. The average Bonchev–Trinajstić information content (AvgIpc) is 3.30. The minimum Gasteiger partial charge on any atom is -0.480 e. The molecule has 24 heavy (non-hydrogen) atoms. The van der Waals surface area contributed by atoms with Gasteiger partial charge in [0.2, 0.25) is 0 Å². The average molecular weight is 342 g/mol. The predicted molar refractivity (Wildman–Crippen MR) is 91.3 cm³/mol. The number of benzene rings is 1. The van der Waals surface area contributed by atoms with Gasteiger partial charge in [-0.15, -0.1) is 16.4 Å². The van der Waals surface area contributed by atoms with Gasteiger partial charge in [-0.2, -0.15) is 0 Å². The Morgan fingerprint density at radius 1 is 1.29 bits per heavy atom. The first-order chi connectivity index (χ1) is 11.7. The summed E-state index contributed by atoms with van der Waals surface area (Å²) in [5, 5.41) is 12.3. The number of nitrogens with one attached hydrogen (secondary N) is 1. The fourth-order valence-corrected chi connectivity index (χ4v) is 3.44. The number of hydrogen-bond acceptors (Lipinski definition) is 7. The molecule has 124 valence electrons. The van der Waals surface area contributed by atoms with Gasteiger partial charge in [0.25, 0.3) is 5.89 Å². The van der Waals surface area contributed by atoms with Crippen LogP contribution in [-0.2, 0) is 13.0 Å². The Balaban J connectivity index is 1.39. The van der Waals surface area contributed by atoms with Crippen molar-refractivity contribution in [1.29, 1.82) is 0 Å². The number of nitrogens with zero attached hydrogens (tertiary/aromatic N) is 3. The van der Waals surface area contributed by atoms with Gasteiger partial charge in [-0.1, -0.05) is 37.1 Å². The molecule has 0 spiro atoms. The molecular weight excluding hydrogens is 324 g/mol. The summed E-state index contributed by atoms with van der Waals surface area (Å²) in [6.45, 7) is 4.90. The van der Waals surface area contributed by atoms with Crippen LogP contribution in [0.4, 0.5) is 6.01 Å². The van der Waals surface area contributed by atoms with Gasteiger partial charge in [-0.3, -0.25) is 0 Å². The fraction of sp³-hybridized carbons (Fsp3) is 0.353. The minimum absolute atomic E-state index is 0.210. The van der Waals surface area contributed by atoms with Gasteiger partial charge in [0.15, 0.2) is 6.10 Å². The molecule has 2 aromatic heterocycles. The van der Waals surface area contributed by atoms with Crippen molar-refractivity contribution >= 4 is 17.4 Å². The molecule has 0 unspecified atom stereocenters. The summed E-state index contributed by atoms with van der Waals surface area (Å²) in [6, 6.07) is 8.37. The molecule has 3 heterocycles. The van der Waals surface area contributed by atoms with Crippen LogP contribution in [0.15, 0.2) is 34.9 Å². The molecule has 7 heteroatoms. The lowest BCUT2D eigenvalue weighted by Gasteiger charge is -2.04. The number of anilines is 1. The number of aromatic nitrogens is 3. The minimum atomic E-state index is -0.210. The highest BCUT2D eigenvalue weighted by atomic mass is 32.1. The summed E-state index contributed by atoms with van der Waals surface area (Å²) in [5.41, 5.74) is 1.17. The van der Waals surface area contributed by atoms with Crippen LogP contribution < -0.4 is 10.1 Å². The third kappa shape index (κ3) is 2.99. The lowest BCUT2D eigenvalue weighted by molar-refractivity contribution is 0.199. The maximum Gasteiger partial charge on any atom is 0.315 e. The summed E-state index contributed by atoms with van der Waals surface area (Å²) >= 11 is 1.70. The van der Waals surface area contributed by atoms with Crippen molar-refractivity contribution in [3.05, 3.63) is 51.8 Å². The Kier molecular flexibility index (Phi) is 3.93. The van der Waals surface area contributed by atoms with Crippen molar-refractivity contribution in [2.45, 2.75) is 38.8 Å². The molecule has 0 saturated carbocycles. The molecule has 1 aliphatic heterocycles. The van der Waals surface area contributed by atoms with E-state index in [2.05, 4.69) is 40.4 Å². The van der Waals surface area contributed by atoms with E-state index in [0.29, 0.717) is 24.4 Å². The summed E-state index contributed by atoms with van der Waals surface area (Å²) in [6.07, 6.45) is 2.47. The van der Waals surface area contributed by atoms with Crippen LogP contribution >= 0.6 is 11.3 Å².